The van der Waals surface area contributed by atoms with Gasteiger partial charge in [0, 0.05) is 0 Å². The van der Waals surface area contributed by atoms with Crippen LogP contribution in [0.1, 0.15) is 13.8 Å². The third-order valence-corrected chi connectivity index (χ3v) is 2.67. The van der Waals surface area contributed by atoms with Gasteiger partial charge in [0.25, 0.3) is 0 Å². The van der Waals surface area contributed by atoms with Gasteiger partial charge in [-0.05, 0) is 26.0 Å². The molecule has 0 saturated heterocycles. The van der Waals surface area contributed by atoms with Crippen LogP contribution in [-0.4, -0.2) is 35.2 Å². The van der Waals surface area contributed by atoms with Crippen molar-refractivity contribution in [3.8, 4) is 5.75 Å². The Labute approximate surface area is 108 Å². The topological polar surface area (TPSA) is 68.2 Å². The van der Waals surface area contributed by atoms with Gasteiger partial charge >= 0.3 is 8.60 Å². The van der Waals surface area contributed by atoms with Crippen molar-refractivity contribution in [3.63, 3.8) is 0 Å². The fourth-order valence-corrected chi connectivity index (χ4v) is 1.65. The summed E-state index contributed by atoms with van der Waals surface area (Å²) in [4.78, 5) is 17.3. The van der Waals surface area contributed by atoms with Crippen LogP contribution < -0.4 is 4.74 Å². The van der Waals surface area contributed by atoms with E-state index >= 15 is 0 Å². The summed E-state index contributed by atoms with van der Waals surface area (Å²) in [5.74, 6) is 0.798. The highest BCUT2D eigenvalue weighted by atomic mass is 31.2. The molecule has 0 spiro atoms. The maximum Gasteiger partial charge on any atom is 0.327 e. The number of para-hydroxylation sites is 1. The lowest BCUT2D eigenvalue weighted by molar-refractivity contribution is -0.00863. The van der Waals surface area contributed by atoms with Crippen molar-refractivity contribution in [2.45, 2.75) is 26.1 Å². The fraction of sp³-hybridized carbons (Fsp3) is 0.500. The first kappa shape index (κ1) is 15.3. The minimum absolute atomic E-state index is 0.0973. The predicted molar refractivity (Wildman–Crippen MR) is 69.3 cm³/mol. The van der Waals surface area contributed by atoms with Gasteiger partial charge in [0.2, 0.25) is 0 Å². The van der Waals surface area contributed by atoms with E-state index in [9.17, 15) is 0 Å². The molecule has 0 bridgehead atoms. The summed E-state index contributed by atoms with van der Waals surface area (Å²) in [6.07, 6.45) is -0.454. The summed E-state index contributed by atoms with van der Waals surface area (Å²) < 4.78 is 15.8. The molecule has 0 aliphatic carbocycles. The second kappa shape index (κ2) is 8.40. The minimum Gasteiger partial charge on any atom is -0.491 e. The molecule has 0 aromatic heterocycles. The molecule has 0 aliphatic heterocycles. The Hall–Kier alpha value is -0.710. The standard InChI is InChI=1S/C12H19O5P/c1-10(15-9-11(2)17-18(13)14)8-16-12-6-4-3-5-7-12/h3-7,10-11,13-14H,8-9H2,1-2H3. The second-order valence-corrected chi connectivity index (χ2v) is 4.65. The van der Waals surface area contributed by atoms with E-state index in [-0.39, 0.29) is 12.2 Å². The van der Waals surface area contributed by atoms with Crippen LogP contribution in [0.25, 0.3) is 0 Å². The third-order valence-electron chi connectivity index (χ3n) is 2.12. The maximum absolute atomic E-state index is 8.66. The molecule has 2 atom stereocenters. The summed E-state index contributed by atoms with van der Waals surface area (Å²) in [5.41, 5.74) is 0. The Morgan fingerprint density at radius 2 is 1.72 bits per heavy atom. The molecule has 6 heteroatoms. The zero-order valence-electron chi connectivity index (χ0n) is 10.5. The molecule has 1 aromatic rings. The van der Waals surface area contributed by atoms with Gasteiger partial charge < -0.3 is 23.8 Å². The number of hydrogen-bond donors (Lipinski definition) is 2. The van der Waals surface area contributed by atoms with Crippen molar-refractivity contribution in [1.29, 1.82) is 0 Å². The van der Waals surface area contributed by atoms with E-state index < -0.39 is 8.60 Å². The Morgan fingerprint density at radius 3 is 2.33 bits per heavy atom. The van der Waals surface area contributed by atoms with Crippen LogP contribution in [0.3, 0.4) is 0 Å². The Kier molecular flexibility index (Phi) is 7.16. The summed E-state index contributed by atoms with van der Waals surface area (Å²) in [6.45, 7) is 4.33. The Bertz CT molecular complexity index is 320. The molecule has 0 amide bonds. The first-order valence-corrected chi connectivity index (χ1v) is 6.88. The van der Waals surface area contributed by atoms with Crippen molar-refractivity contribution in [2.24, 2.45) is 0 Å². The number of ether oxygens (including phenoxy) is 2. The van der Waals surface area contributed by atoms with E-state index in [1.807, 2.05) is 37.3 Å². The highest BCUT2D eigenvalue weighted by Gasteiger charge is 2.11. The zero-order valence-corrected chi connectivity index (χ0v) is 11.4. The quantitative estimate of drug-likeness (QED) is 0.710. The van der Waals surface area contributed by atoms with E-state index in [0.29, 0.717) is 13.2 Å². The van der Waals surface area contributed by atoms with Gasteiger partial charge in [0.1, 0.15) is 12.4 Å². The van der Waals surface area contributed by atoms with Crippen LogP contribution >= 0.6 is 8.60 Å². The van der Waals surface area contributed by atoms with Crippen LogP contribution in [0, 0.1) is 0 Å². The van der Waals surface area contributed by atoms with Gasteiger partial charge in [-0.2, -0.15) is 0 Å². The lowest BCUT2D eigenvalue weighted by Gasteiger charge is -2.18. The average molecular weight is 274 g/mol. The molecule has 1 aromatic carbocycles. The van der Waals surface area contributed by atoms with E-state index in [2.05, 4.69) is 0 Å². The lowest BCUT2D eigenvalue weighted by Crippen LogP contribution is -2.23. The highest BCUT2D eigenvalue weighted by molar-refractivity contribution is 7.39. The molecule has 0 heterocycles. The van der Waals surface area contributed by atoms with Crippen molar-refractivity contribution >= 4 is 8.60 Å². The Morgan fingerprint density at radius 1 is 1.06 bits per heavy atom. The van der Waals surface area contributed by atoms with E-state index in [0.717, 1.165) is 5.75 Å². The molecule has 102 valence electrons. The maximum atomic E-state index is 8.66. The van der Waals surface area contributed by atoms with Crippen LogP contribution in [-0.2, 0) is 9.26 Å². The summed E-state index contributed by atoms with van der Waals surface area (Å²) >= 11 is 0. The Balaban J connectivity index is 2.16. The number of hydrogen-bond acceptors (Lipinski definition) is 5. The smallest absolute Gasteiger partial charge is 0.327 e. The average Bonchev–Trinajstić information content (AvgIpc) is 2.34. The molecule has 0 radical (unpaired) electrons. The van der Waals surface area contributed by atoms with Crippen molar-refractivity contribution in [3.05, 3.63) is 30.3 Å². The fourth-order valence-electron chi connectivity index (χ4n) is 1.27. The molecule has 0 fully saturated rings. The molecule has 0 aliphatic rings. The third kappa shape index (κ3) is 6.89. The van der Waals surface area contributed by atoms with Gasteiger partial charge in [-0.25, -0.2) is 0 Å². The van der Waals surface area contributed by atoms with Gasteiger partial charge in [-0.3, -0.25) is 0 Å². The normalized spacial score (nSPS) is 14.5. The number of rotatable bonds is 8. The van der Waals surface area contributed by atoms with Crippen molar-refractivity contribution in [1.82, 2.24) is 0 Å². The minimum atomic E-state index is -2.33. The van der Waals surface area contributed by atoms with Crippen LogP contribution in [0.5, 0.6) is 5.75 Å². The first-order chi connectivity index (χ1) is 8.58. The molecule has 18 heavy (non-hydrogen) atoms. The van der Waals surface area contributed by atoms with Crippen LogP contribution in [0.15, 0.2) is 30.3 Å². The van der Waals surface area contributed by atoms with Crippen molar-refractivity contribution in [2.75, 3.05) is 13.2 Å². The largest absolute Gasteiger partial charge is 0.491 e. The summed E-state index contributed by atoms with van der Waals surface area (Å²) in [7, 11) is -2.33. The van der Waals surface area contributed by atoms with E-state index in [1.165, 1.54) is 0 Å². The second-order valence-electron chi connectivity index (χ2n) is 3.94. The van der Waals surface area contributed by atoms with E-state index in [1.54, 1.807) is 6.92 Å². The van der Waals surface area contributed by atoms with Gasteiger partial charge in [-0.1, -0.05) is 18.2 Å². The van der Waals surface area contributed by atoms with Crippen molar-refractivity contribution < 1.29 is 23.8 Å². The zero-order chi connectivity index (χ0) is 13.4. The monoisotopic (exact) mass is 274 g/mol. The summed E-state index contributed by atoms with van der Waals surface area (Å²) in [5, 5.41) is 0. The van der Waals surface area contributed by atoms with Gasteiger partial charge in [-0.15, -0.1) is 0 Å². The molecule has 2 unspecified atom stereocenters. The SMILES string of the molecule is CC(COc1ccccc1)OCC(C)OP(O)O. The first-order valence-electron chi connectivity index (χ1n) is 5.72. The van der Waals surface area contributed by atoms with E-state index in [4.69, 9.17) is 23.8 Å². The molecular formula is C12H19O5P. The lowest BCUT2D eigenvalue weighted by atomic mass is 10.3. The molecule has 5 nitrogen and oxygen atoms in total. The molecular weight excluding hydrogens is 255 g/mol. The molecule has 2 N–H and O–H groups in total. The van der Waals surface area contributed by atoms with Crippen LogP contribution in [0.2, 0.25) is 0 Å². The summed E-state index contributed by atoms with van der Waals surface area (Å²) in [6, 6.07) is 9.49. The van der Waals surface area contributed by atoms with Gasteiger partial charge in [0.05, 0.1) is 18.8 Å². The predicted octanol–water partition coefficient (Wildman–Crippen LogP) is 2.09. The number of benzene rings is 1. The molecule has 0 saturated carbocycles. The highest BCUT2D eigenvalue weighted by Crippen LogP contribution is 2.26. The van der Waals surface area contributed by atoms with Gasteiger partial charge in [0.15, 0.2) is 0 Å². The molecule has 1 rings (SSSR count). The van der Waals surface area contributed by atoms with Crippen LogP contribution in [0.4, 0.5) is 0 Å².